The van der Waals surface area contributed by atoms with Crippen LogP contribution in [0.2, 0.25) is 5.02 Å². The lowest BCUT2D eigenvalue weighted by Gasteiger charge is -2.04. The average molecular weight is 554 g/mol. The molecular weight excluding hydrogens is 533 g/mol. The lowest BCUT2D eigenvalue weighted by molar-refractivity contribution is -0.400. The van der Waals surface area contributed by atoms with Crippen LogP contribution in [-0.4, -0.2) is 13.2 Å². The quantitative estimate of drug-likeness (QED) is 0.114. The van der Waals surface area contributed by atoms with Crippen LogP contribution in [0.15, 0.2) is 108 Å². The minimum Gasteiger partial charge on any atom is -0.456 e. The third kappa shape index (κ3) is 8.06. The van der Waals surface area contributed by atoms with Crippen LogP contribution in [0, 0.1) is 6.92 Å². The largest absolute Gasteiger partial charge is 0.673 e. The van der Waals surface area contributed by atoms with Crippen LogP contribution in [0.4, 0.5) is 23.0 Å². The molecule has 0 amide bonds. The van der Waals surface area contributed by atoms with Crippen molar-refractivity contribution in [2.45, 2.75) is 6.92 Å². The van der Waals surface area contributed by atoms with Crippen molar-refractivity contribution in [1.29, 1.82) is 0 Å². The van der Waals surface area contributed by atoms with E-state index in [9.17, 15) is 22.1 Å². The number of carbonyl (C=O) groups is 1. The molecule has 0 spiro atoms. The predicted octanol–water partition coefficient (Wildman–Crippen LogP) is 6.89. The summed E-state index contributed by atoms with van der Waals surface area (Å²) in [6.07, 6.45) is 0. The van der Waals surface area contributed by atoms with E-state index >= 15 is 0 Å². The third-order valence-electron chi connectivity index (χ3n) is 5.42. The number of hydrogen-bond donors (Lipinski definition) is 1. The number of carbonyl (C=O) groups excluding carboxylic acids is 1. The van der Waals surface area contributed by atoms with Crippen molar-refractivity contribution in [1.82, 2.24) is 0 Å². The number of aryl methyl sites for hydroxylation is 1. The first kappa shape index (κ1) is 27.7. The molecule has 1 heterocycles. The topological polar surface area (TPSA) is 53.4 Å². The summed E-state index contributed by atoms with van der Waals surface area (Å²) in [6, 6.07) is 31.9. The molecule has 1 aromatic heterocycles. The first-order valence-corrected chi connectivity index (χ1v) is 12.1. The Labute approximate surface area is 226 Å². The number of nitrogens with one attached hydrogen (secondary N) is 1. The summed E-state index contributed by atoms with van der Waals surface area (Å²) in [5, 5.41) is 2.34. The van der Waals surface area contributed by atoms with Crippen molar-refractivity contribution < 1.29 is 36.2 Å². The van der Waals surface area contributed by atoms with E-state index < -0.39 is 13.2 Å². The van der Waals surface area contributed by atoms with E-state index in [1.54, 1.807) is 24.3 Å². The highest BCUT2D eigenvalue weighted by Crippen LogP contribution is 2.23. The second-order valence-electron chi connectivity index (χ2n) is 8.43. The molecule has 0 aliphatic rings. The van der Waals surface area contributed by atoms with Crippen LogP contribution < -0.4 is 15.1 Å². The Balaban J connectivity index is 0.000000648. The zero-order valence-electron chi connectivity index (χ0n) is 20.5. The summed E-state index contributed by atoms with van der Waals surface area (Å²) >= 11 is 6.26. The molecule has 4 aromatic carbocycles. The lowest BCUT2D eigenvalue weighted by Crippen LogP contribution is -2.70. The molecule has 0 bridgehead atoms. The van der Waals surface area contributed by atoms with Gasteiger partial charge in [0.25, 0.3) is 0 Å². The summed E-state index contributed by atoms with van der Waals surface area (Å²) in [5.74, 6) is 0.817. The van der Waals surface area contributed by atoms with Gasteiger partial charge in [-0.2, -0.15) is 0 Å². The molecule has 0 fully saturated rings. The normalized spacial score (nSPS) is 11.6. The van der Waals surface area contributed by atoms with Crippen molar-refractivity contribution in [3.05, 3.63) is 125 Å². The molecule has 198 valence electrons. The number of ether oxygens (including phenoxy) is 1. The maximum absolute atomic E-state index is 12.4. The predicted molar refractivity (Wildman–Crippen MR) is 143 cm³/mol. The molecule has 0 saturated heterocycles. The fraction of sp³-hybridized carbons (Fsp3) is 0.0345. The number of hydrogen-bond acceptors (Lipinski definition) is 3. The summed E-state index contributed by atoms with van der Waals surface area (Å²) in [5.41, 5.74) is 4.13. The maximum Gasteiger partial charge on any atom is 0.673 e. The van der Waals surface area contributed by atoms with Gasteiger partial charge in [-0.05, 0) is 49.4 Å². The van der Waals surface area contributed by atoms with E-state index in [-0.39, 0.29) is 0 Å². The van der Waals surface area contributed by atoms with Crippen LogP contribution in [0.25, 0.3) is 22.3 Å². The smallest absolute Gasteiger partial charge is 0.456 e. The number of benzene rings is 4. The van der Waals surface area contributed by atoms with E-state index in [0.717, 1.165) is 38.9 Å². The van der Waals surface area contributed by atoms with E-state index in [1.807, 2.05) is 85.8 Å². The van der Waals surface area contributed by atoms with Crippen LogP contribution in [0.5, 0.6) is 5.75 Å². The number of halogens is 5. The first-order chi connectivity index (χ1) is 18.5. The van der Waals surface area contributed by atoms with Crippen LogP contribution in [0.1, 0.15) is 15.9 Å². The summed E-state index contributed by atoms with van der Waals surface area (Å²) in [6.45, 7) is 1.97. The Morgan fingerprint density at radius 3 is 2.13 bits per heavy atom. The Morgan fingerprint density at radius 2 is 1.49 bits per heavy atom. The van der Waals surface area contributed by atoms with Gasteiger partial charge >= 0.3 is 13.2 Å². The van der Waals surface area contributed by atoms with E-state index in [1.165, 1.54) is 0 Å². The molecular formula is C29H21BClF4NO3. The minimum absolute atomic E-state index is 0.390. The van der Waals surface area contributed by atoms with Crippen molar-refractivity contribution in [3.63, 3.8) is 0 Å². The Kier molecular flexibility index (Phi) is 8.51. The highest BCUT2D eigenvalue weighted by Gasteiger charge is 2.20. The Bertz CT molecular complexity index is 1650. The van der Waals surface area contributed by atoms with Gasteiger partial charge in [-0.3, -0.25) is 0 Å². The lowest BCUT2D eigenvalue weighted by atomic mass is 10.1. The summed E-state index contributed by atoms with van der Waals surface area (Å²) in [7, 11) is -6.00. The maximum atomic E-state index is 12.4. The highest BCUT2D eigenvalue weighted by molar-refractivity contribution is 6.50. The average Bonchev–Trinajstić information content (AvgIpc) is 2.90. The van der Waals surface area contributed by atoms with Crippen LogP contribution in [-0.2, 0) is 0 Å². The minimum atomic E-state index is -6.00. The van der Waals surface area contributed by atoms with Gasteiger partial charge in [-0.1, -0.05) is 59.6 Å². The fourth-order valence-corrected chi connectivity index (χ4v) is 3.80. The molecule has 5 aromatic rings. The number of fused-ring (bicyclic) bond motifs is 1. The molecule has 1 N–H and O–H groups in total. The first-order valence-electron chi connectivity index (χ1n) is 11.7. The van der Waals surface area contributed by atoms with E-state index in [2.05, 4.69) is 4.99 Å². The van der Waals surface area contributed by atoms with Gasteiger partial charge in [-0.15, -0.1) is 0 Å². The summed E-state index contributed by atoms with van der Waals surface area (Å²) in [4.78, 5) is 15.8. The molecule has 0 aliphatic carbocycles. The molecule has 0 radical (unpaired) electrons. The molecule has 0 aliphatic heterocycles. The monoisotopic (exact) mass is 553 g/mol. The molecule has 39 heavy (non-hydrogen) atoms. The standard InChI is InChI=1S/C29H20ClNO3.BF4/c1-19-7-9-21(10-8-19)29(32)33-24-14-12-23(13-15-24)31-26-18-28(20-5-3-2-4-6-20)34-27-16-11-22(30)17-25(26)27;2-1(3,4)5/h2-18H,1H3;/q;-1/p+1. The van der Waals surface area contributed by atoms with Crippen molar-refractivity contribution in [2.75, 3.05) is 0 Å². The van der Waals surface area contributed by atoms with E-state index in [4.69, 9.17) is 20.8 Å². The number of rotatable bonds is 4. The SMILES string of the molecule is Cc1ccc(C(=O)Oc2ccc([NH+]=c3cc(-c4ccccc4)oc4ccc(Cl)cc34)cc2)cc1.F[B-](F)(F)F. The van der Waals surface area contributed by atoms with Crippen LogP contribution in [0.3, 0.4) is 0 Å². The van der Waals surface area contributed by atoms with Gasteiger partial charge in [-0.25, -0.2) is 9.79 Å². The zero-order valence-corrected chi connectivity index (χ0v) is 21.3. The van der Waals surface area contributed by atoms with Gasteiger partial charge in [0.15, 0.2) is 0 Å². The molecule has 10 heteroatoms. The molecule has 0 unspecified atom stereocenters. The summed E-state index contributed by atoms with van der Waals surface area (Å²) < 4.78 is 50.6. The third-order valence-corrected chi connectivity index (χ3v) is 5.65. The second kappa shape index (κ2) is 12.0. The van der Waals surface area contributed by atoms with Gasteiger partial charge in [0.05, 0.1) is 17.0 Å². The highest BCUT2D eigenvalue weighted by atomic mass is 35.5. The second-order valence-corrected chi connectivity index (χ2v) is 8.87. The van der Waals surface area contributed by atoms with Crippen molar-refractivity contribution in [3.8, 4) is 17.1 Å². The van der Waals surface area contributed by atoms with Gasteiger partial charge in [0.1, 0.15) is 17.1 Å². The van der Waals surface area contributed by atoms with Crippen molar-refractivity contribution in [2.24, 2.45) is 0 Å². The van der Waals surface area contributed by atoms with Gasteiger partial charge < -0.3 is 26.4 Å². The molecule has 4 nitrogen and oxygen atoms in total. The Morgan fingerprint density at radius 1 is 0.846 bits per heavy atom. The zero-order chi connectivity index (χ0) is 28.0. The van der Waals surface area contributed by atoms with Crippen molar-refractivity contribution >= 4 is 41.5 Å². The van der Waals surface area contributed by atoms with E-state index in [0.29, 0.717) is 16.3 Å². The van der Waals surface area contributed by atoms with Gasteiger partial charge in [0, 0.05) is 22.7 Å². The number of esters is 1. The molecule has 0 saturated carbocycles. The van der Waals surface area contributed by atoms with Crippen LogP contribution >= 0.6 is 11.6 Å². The Hall–Kier alpha value is -4.37. The molecule has 5 rings (SSSR count). The van der Waals surface area contributed by atoms with Gasteiger partial charge in [0.2, 0.25) is 11.0 Å². The molecule has 0 atom stereocenters. The fourth-order valence-electron chi connectivity index (χ4n) is 3.62.